The van der Waals surface area contributed by atoms with Crippen LogP contribution >= 0.6 is 0 Å². The maximum Gasteiger partial charge on any atom is 0.338 e. The molecule has 2 aromatic rings. The molecule has 3 aliphatic rings. The number of carbonyl (C=O) groups is 3. The third kappa shape index (κ3) is 3.60. The van der Waals surface area contributed by atoms with Gasteiger partial charge in [-0.25, -0.2) is 4.79 Å². The lowest BCUT2D eigenvalue weighted by molar-refractivity contribution is -0.123. The molecule has 0 aromatic heterocycles. The fourth-order valence-electron chi connectivity index (χ4n) is 5.61. The summed E-state index contributed by atoms with van der Waals surface area (Å²) in [6, 6.07) is 14.6. The molecule has 2 fully saturated rings. The number of rotatable bonds is 4. The minimum Gasteiger partial charge on any atom is -0.457 e. The number of amides is 2. The van der Waals surface area contributed by atoms with E-state index in [0.717, 1.165) is 12.0 Å². The van der Waals surface area contributed by atoms with E-state index in [2.05, 4.69) is 45.9 Å². The van der Waals surface area contributed by atoms with Gasteiger partial charge in [0.15, 0.2) is 0 Å². The molecule has 4 atom stereocenters. The van der Waals surface area contributed by atoms with Crippen molar-refractivity contribution in [2.75, 3.05) is 4.90 Å². The van der Waals surface area contributed by atoms with Gasteiger partial charge in [-0.3, -0.25) is 14.5 Å². The number of fused-ring (bicyclic) bond motifs is 5. The van der Waals surface area contributed by atoms with Crippen LogP contribution in [0.1, 0.15) is 55.6 Å². The van der Waals surface area contributed by atoms with Crippen LogP contribution in [0.2, 0.25) is 0 Å². The highest BCUT2D eigenvalue weighted by atomic mass is 16.5. The summed E-state index contributed by atoms with van der Waals surface area (Å²) < 4.78 is 5.46. The Labute approximate surface area is 194 Å². The minimum atomic E-state index is -0.435. The number of nitrogens with zero attached hydrogens (tertiary/aromatic N) is 1. The van der Waals surface area contributed by atoms with Gasteiger partial charge in [-0.05, 0) is 66.0 Å². The Morgan fingerprint density at radius 1 is 0.970 bits per heavy atom. The largest absolute Gasteiger partial charge is 0.457 e. The molecule has 2 aromatic carbocycles. The zero-order valence-corrected chi connectivity index (χ0v) is 19.5. The quantitative estimate of drug-likeness (QED) is 0.377. The minimum absolute atomic E-state index is 0.0720. The number of imide groups is 1. The van der Waals surface area contributed by atoms with Crippen molar-refractivity contribution in [2.45, 2.75) is 46.1 Å². The number of hydrogen-bond acceptors (Lipinski definition) is 4. The summed E-state index contributed by atoms with van der Waals surface area (Å²) in [6.07, 6.45) is 3.08. The number of ether oxygens (including phenoxy) is 1. The maximum atomic E-state index is 13.1. The van der Waals surface area contributed by atoms with Crippen molar-refractivity contribution in [1.82, 2.24) is 0 Å². The third-order valence-electron chi connectivity index (χ3n) is 7.43. The standard InChI is InChI=1S/C28H29NO4/c1-16-13-19-14-22(16)24-23(19)25(30)29(26(24)31)21-11-7-18(8-12-21)27(32)33-15-17-5-9-20(10-6-17)28(2,3)4/h5-13,19,22-24H,14-15H2,1-4H3/t19-,22+,23+,24+/m0/s1. The Hall–Kier alpha value is -3.21. The monoisotopic (exact) mass is 443 g/mol. The first-order chi connectivity index (χ1) is 15.6. The second kappa shape index (κ2) is 7.68. The molecule has 2 aliphatic carbocycles. The van der Waals surface area contributed by atoms with Crippen molar-refractivity contribution in [3.8, 4) is 0 Å². The molecule has 1 saturated heterocycles. The second-order valence-electron chi connectivity index (χ2n) is 10.6. The fourth-order valence-corrected chi connectivity index (χ4v) is 5.61. The summed E-state index contributed by atoms with van der Waals surface area (Å²) in [6.45, 7) is 8.71. The molecule has 0 unspecified atom stereocenters. The molecule has 33 heavy (non-hydrogen) atoms. The lowest BCUT2D eigenvalue weighted by Crippen LogP contribution is -2.32. The average molecular weight is 444 g/mol. The summed E-state index contributed by atoms with van der Waals surface area (Å²) in [7, 11) is 0. The van der Waals surface area contributed by atoms with Crippen molar-refractivity contribution in [3.63, 3.8) is 0 Å². The van der Waals surface area contributed by atoms with Gasteiger partial charge in [-0.1, -0.05) is 56.7 Å². The van der Waals surface area contributed by atoms with Crippen molar-refractivity contribution < 1.29 is 19.1 Å². The van der Waals surface area contributed by atoms with E-state index >= 15 is 0 Å². The van der Waals surface area contributed by atoms with Gasteiger partial charge in [-0.2, -0.15) is 0 Å². The first kappa shape index (κ1) is 21.6. The Balaban J connectivity index is 1.24. The van der Waals surface area contributed by atoms with Crippen LogP contribution in [-0.4, -0.2) is 17.8 Å². The zero-order valence-electron chi connectivity index (χ0n) is 19.5. The van der Waals surface area contributed by atoms with E-state index in [4.69, 9.17) is 4.74 Å². The van der Waals surface area contributed by atoms with E-state index in [0.29, 0.717) is 11.3 Å². The van der Waals surface area contributed by atoms with Crippen LogP contribution in [0.15, 0.2) is 60.2 Å². The second-order valence-corrected chi connectivity index (χ2v) is 10.6. The van der Waals surface area contributed by atoms with Crippen molar-refractivity contribution in [3.05, 3.63) is 76.9 Å². The van der Waals surface area contributed by atoms with E-state index in [1.807, 2.05) is 12.1 Å². The van der Waals surface area contributed by atoms with Crippen LogP contribution in [-0.2, 0) is 26.3 Å². The average Bonchev–Trinajstić information content (AvgIpc) is 3.42. The number of allylic oxidation sites excluding steroid dienone is 2. The summed E-state index contributed by atoms with van der Waals surface area (Å²) in [5.41, 5.74) is 4.36. The maximum absolute atomic E-state index is 13.1. The SMILES string of the molecule is CC1=C[C@H]2C[C@H]1[C@H]1C(=O)N(c3ccc(C(=O)OCc4ccc(C(C)(C)C)cc4)cc3)C(=O)[C@@H]12. The number of carbonyl (C=O) groups excluding carboxylic acids is 3. The summed E-state index contributed by atoms with van der Waals surface area (Å²) >= 11 is 0. The number of benzene rings is 2. The van der Waals surface area contributed by atoms with Gasteiger partial charge in [0.05, 0.1) is 23.1 Å². The summed E-state index contributed by atoms with van der Waals surface area (Å²) in [4.78, 5) is 40.0. The Kier molecular flexibility index (Phi) is 5.04. The highest BCUT2D eigenvalue weighted by Gasteiger charge is 2.60. The van der Waals surface area contributed by atoms with E-state index in [1.54, 1.807) is 24.3 Å². The first-order valence-corrected chi connectivity index (χ1v) is 11.6. The third-order valence-corrected chi connectivity index (χ3v) is 7.43. The molecule has 2 bridgehead atoms. The number of hydrogen-bond donors (Lipinski definition) is 0. The molecule has 5 rings (SSSR count). The first-order valence-electron chi connectivity index (χ1n) is 11.6. The topological polar surface area (TPSA) is 63.7 Å². The van der Waals surface area contributed by atoms with Crippen LogP contribution in [0.4, 0.5) is 5.69 Å². The summed E-state index contributed by atoms with van der Waals surface area (Å²) in [5.74, 6) is -0.770. The van der Waals surface area contributed by atoms with Crippen LogP contribution < -0.4 is 4.90 Å². The van der Waals surface area contributed by atoms with Gasteiger partial charge >= 0.3 is 5.97 Å². The van der Waals surface area contributed by atoms with Gasteiger partial charge in [0.1, 0.15) is 6.61 Å². The predicted octanol–water partition coefficient (Wildman–Crippen LogP) is 5.04. The molecule has 0 radical (unpaired) electrons. The number of anilines is 1. The highest BCUT2D eigenvalue weighted by molar-refractivity contribution is 6.23. The lowest BCUT2D eigenvalue weighted by Gasteiger charge is -2.19. The molecule has 5 heteroatoms. The van der Waals surface area contributed by atoms with Crippen LogP contribution in [0, 0.1) is 23.7 Å². The van der Waals surface area contributed by atoms with Gasteiger partial charge in [0.2, 0.25) is 11.8 Å². The van der Waals surface area contributed by atoms with E-state index < -0.39 is 5.97 Å². The van der Waals surface area contributed by atoms with E-state index in [9.17, 15) is 14.4 Å². The van der Waals surface area contributed by atoms with Crippen LogP contribution in [0.5, 0.6) is 0 Å². The molecule has 0 spiro atoms. The van der Waals surface area contributed by atoms with Crippen LogP contribution in [0.3, 0.4) is 0 Å². The van der Waals surface area contributed by atoms with Gasteiger partial charge in [-0.15, -0.1) is 0 Å². The van der Waals surface area contributed by atoms with Gasteiger partial charge in [0, 0.05) is 0 Å². The Bertz CT molecular complexity index is 1150. The molecule has 0 N–H and O–H groups in total. The number of esters is 1. The molecule has 5 nitrogen and oxygen atoms in total. The molecule has 1 saturated carbocycles. The van der Waals surface area contributed by atoms with Crippen LogP contribution in [0.25, 0.3) is 0 Å². The van der Waals surface area contributed by atoms with E-state index in [-0.39, 0.29) is 47.5 Å². The molecule has 1 aliphatic heterocycles. The highest BCUT2D eigenvalue weighted by Crippen LogP contribution is 2.55. The normalized spacial score (nSPS) is 25.9. The predicted molar refractivity (Wildman–Crippen MR) is 126 cm³/mol. The lowest BCUT2D eigenvalue weighted by atomic mass is 9.82. The molecule has 1 heterocycles. The van der Waals surface area contributed by atoms with Gasteiger partial charge in [0.25, 0.3) is 0 Å². The molecular formula is C28H29NO4. The van der Waals surface area contributed by atoms with Crippen molar-refractivity contribution in [2.24, 2.45) is 23.7 Å². The van der Waals surface area contributed by atoms with Gasteiger partial charge < -0.3 is 4.74 Å². The fraction of sp³-hybridized carbons (Fsp3) is 0.393. The zero-order chi connectivity index (χ0) is 23.5. The molecular weight excluding hydrogens is 414 g/mol. The summed E-state index contributed by atoms with van der Waals surface area (Å²) in [5, 5.41) is 0. The van der Waals surface area contributed by atoms with E-state index in [1.165, 1.54) is 16.0 Å². The Morgan fingerprint density at radius 2 is 1.61 bits per heavy atom. The Morgan fingerprint density at radius 3 is 2.24 bits per heavy atom. The molecule has 2 amide bonds. The smallest absolute Gasteiger partial charge is 0.338 e. The molecule has 170 valence electrons. The van der Waals surface area contributed by atoms with Crippen molar-refractivity contribution >= 4 is 23.5 Å². The van der Waals surface area contributed by atoms with Crippen molar-refractivity contribution in [1.29, 1.82) is 0 Å².